The van der Waals surface area contributed by atoms with Gasteiger partial charge in [-0.1, -0.05) is 84.4 Å². The van der Waals surface area contributed by atoms with Crippen LogP contribution in [0.3, 0.4) is 0 Å². The summed E-state index contributed by atoms with van der Waals surface area (Å²) in [4.78, 5) is 2.42. The average Bonchev–Trinajstić information content (AvgIpc) is 3.63. The van der Waals surface area contributed by atoms with Gasteiger partial charge in [0.2, 0.25) is 0 Å². The van der Waals surface area contributed by atoms with E-state index >= 15 is 0 Å². The van der Waals surface area contributed by atoms with Crippen LogP contribution in [0, 0.1) is 0 Å². The number of allylic oxidation sites excluding steroid dienone is 4. The Balaban J connectivity index is 1.15. The molecule has 6 aromatic carbocycles. The van der Waals surface area contributed by atoms with E-state index in [0.717, 1.165) is 35.6 Å². The molecule has 3 heteroatoms. The summed E-state index contributed by atoms with van der Waals surface area (Å²) in [7, 11) is 0. The van der Waals surface area contributed by atoms with E-state index < -0.39 is 0 Å². The topological polar surface area (TPSA) is 13.1 Å². The number of anilines is 2. The zero-order valence-electron chi connectivity index (χ0n) is 25.8. The molecule has 0 bridgehead atoms. The summed E-state index contributed by atoms with van der Waals surface area (Å²) in [5.41, 5.74) is 12.3. The van der Waals surface area contributed by atoms with Crippen LogP contribution < -0.4 is 4.90 Å². The number of para-hydroxylation sites is 4. The standard InChI is InChI=1S/C43H33N3/c1-30-18-20-31(21-19-30)44(32-22-26-34(27-23-32)45-40-14-6-2-10-36(40)37-11-3-7-15-41(37)45)33-24-28-35(29-25-33)46-42-16-8-4-12-38(42)39-13-5-9-17-43(39)46/h2-18,20,22-29H,19,21H2,1H3. The van der Waals surface area contributed by atoms with Crippen LogP contribution in [0.25, 0.3) is 55.0 Å². The Morgan fingerprint density at radius 3 is 1.13 bits per heavy atom. The molecular formula is C43H33N3. The lowest BCUT2D eigenvalue weighted by atomic mass is 10.0. The van der Waals surface area contributed by atoms with Crippen LogP contribution in [0.5, 0.6) is 0 Å². The summed E-state index contributed by atoms with van der Waals surface area (Å²) >= 11 is 0. The first kappa shape index (κ1) is 26.6. The first-order valence-corrected chi connectivity index (χ1v) is 16.1. The SMILES string of the molecule is CC1=CC=C(N(c2ccc(-n3c4ccccc4c4ccccc43)cc2)c2ccc(-n3c4ccccc4c4ccccc43)cc2)CC1. The number of nitrogens with zero attached hydrogens (tertiary/aromatic N) is 3. The highest BCUT2D eigenvalue weighted by molar-refractivity contribution is 6.10. The van der Waals surface area contributed by atoms with Gasteiger partial charge in [0.05, 0.1) is 22.1 Å². The summed E-state index contributed by atoms with van der Waals surface area (Å²) in [6.07, 6.45) is 6.64. The van der Waals surface area contributed by atoms with Gasteiger partial charge in [-0.05, 0) is 98.6 Å². The van der Waals surface area contributed by atoms with Gasteiger partial charge >= 0.3 is 0 Å². The second kappa shape index (κ2) is 10.7. The van der Waals surface area contributed by atoms with E-state index in [1.807, 2.05) is 0 Å². The maximum atomic E-state index is 2.42. The minimum Gasteiger partial charge on any atom is -0.314 e. The van der Waals surface area contributed by atoms with Crippen molar-refractivity contribution in [1.29, 1.82) is 0 Å². The number of rotatable bonds is 5. The molecule has 0 saturated carbocycles. The number of hydrogen-bond acceptors (Lipinski definition) is 1. The molecule has 220 valence electrons. The Morgan fingerprint density at radius 2 is 0.783 bits per heavy atom. The van der Waals surface area contributed by atoms with E-state index in [1.165, 1.54) is 54.9 Å². The van der Waals surface area contributed by atoms with E-state index in [2.05, 4.69) is 179 Å². The molecule has 0 fully saturated rings. The van der Waals surface area contributed by atoms with Gasteiger partial charge in [0.1, 0.15) is 0 Å². The Bertz CT molecular complexity index is 2210. The molecule has 0 radical (unpaired) electrons. The van der Waals surface area contributed by atoms with Crippen LogP contribution in [0.4, 0.5) is 11.4 Å². The number of fused-ring (bicyclic) bond motifs is 6. The molecule has 2 aromatic heterocycles. The molecule has 1 aliphatic carbocycles. The van der Waals surface area contributed by atoms with Gasteiger partial charge in [0, 0.05) is 50.0 Å². The molecule has 0 atom stereocenters. The first-order valence-electron chi connectivity index (χ1n) is 16.1. The third-order valence-electron chi connectivity index (χ3n) is 9.52. The van der Waals surface area contributed by atoms with Crippen molar-refractivity contribution in [3.63, 3.8) is 0 Å². The molecule has 0 spiro atoms. The highest BCUT2D eigenvalue weighted by atomic mass is 15.2. The second-order valence-corrected chi connectivity index (χ2v) is 12.3. The Morgan fingerprint density at radius 1 is 0.413 bits per heavy atom. The lowest BCUT2D eigenvalue weighted by Crippen LogP contribution is -2.18. The fourth-order valence-corrected chi connectivity index (χ4v) is 7.30. The van der Waals surface area contributed by atoms with E-state index in [9.17, 15) is 0 Å². The molecular weight excluding hydrogens is 558 g/mol. The summed E-state index contributed by atoms with van der Waals surface area (Å²) < 4.78 is 4.76. The number of hydrogen-bond donors (Lipinski definition) is 0. The van der Waals surface area contributed by atoms with Gasteiger partial charge in [0.25, 0.3) is 0 Å². The second-order valence-electron chi connectivity index (χ2n) is 12.3. The van der Waals surface area contributed by atoms with Crippen molar-refractivity contribution >= 4 is 55.0 Å². The fraction of sp³-hybridized carbons (Fsp3) is 0.0698. The Kier molecular flexibility index (Phi) is 6.17. The van der Waals surface area contributed by atoms with Crippen LogP contribution in [-0.2, 0) is 0 Å². The fourth-order valence-electron chi connectivity index (χ4n) is 7.30. The molecule has 0 aliphatic heterocycles. The van der Waals surface area contributed by atoms with E-state index in [1.54, 1.807) is 0 Å². The average molecular weight is 592 g/mol. The molecule has 0 amide bonds. The maximum absolute atomic E-state index is 2.42. The lowest BCUT2D eigenvalue weighted by molar-refractivity contribution is 0.874. The highest BCUT2D eigenvalue weighted by Gasteiger charge is 2.19. The largest absolute Gasteiger partial charge is 0.314 e. The molecule has 0 saturated heterocycles. The Labute approximate surface area is 268 Å². The van der Waals surface area contributed by atoms with Crippen molar-refractivity contribution < 1.29 is 0 Å². The third-order valence-corrected chi connectivity index (χ3v) is 9.52. The van der Waals surface area contributed by atoms with E-state index in [4.69, 9.17) is 0 Å². The minimum absolute atomic E-state index is 1.01. The first-order chi connectivity index (χ1) is 22.7. The quantitative estimate of drug-likeness (QED) is 0.194. The molecule has 9 rings (SSSR count). The van der Waals surface area contributed by atoms with E-state index in [0.29, 0.717) is 0 Å². The van der Waals surface area contributed by atoms with Crippen LogP contribution in [0.15, 0.2) is 169 Å². The minimum atomic E-state index is 1.01. The highest BCUT2D eigenvalue weighted by Crippen LogP contribution is 2.38. The van der Waals surface area contributed by atoms with Crippen LogP contribution in [0.2, 0.25) is 0 Å². The van der Waals surface area contributed by atoms with Gasteiger partial charge in [0.15, 0.2) is 0 Å². The summed E-state index contributed by atoms with van der Waals surface area (Å²) in [6.45, 7) is 2.22. The maximum Gasteiger partial charge on any atom is 0.0541 e. The monoisotopic (exact) mass is 591 g/mol. The zero-order valence-corrected chi connectivity index (χ0v) is 25.8. The zero-order chi connectivity index (χ0) is 30.6. The molecule has 1 aliphatic rings. The van der Waals surface area contributed by atoms with Gasteiger partial charge in [-0.3, -0.25) is 0 Å². The predicted octanol–water partition coefficient (Wildman–Crippen LogP) is 11.6. The molecule has 8 aromatic rings. The summed E-state index contributed by atoms with van der Waals surface area (Å²) in [5.74, 6) is 0. The van der Waals surface area contributed by atoms with Crippen molar-refractivity contribution in [3.05, 3.63) is 169 Å². The van der Waals surface area contributed by atoms with Crippen molar-refractivity contribution in [2.24, 2.45) is 0 Å². The van der Waals surface area contributed by atoms with Crippen molar-refractivity contribution in [2.75, 3.05) is 4.90 Å². The van der Waals surface area contributed by atoms with Gasteiger partial charge in [-0.15, -0.1) is 0 Å². The van der Waals surface area contributed by atoms with Crippen molar-refractivity contribution in [3.8, 4) is 11.4 Å². The summed E-state index contributed by atoms with van der Waals surface area (Å²) in [6, 6.07) is 52.9. The molecule has 0 unspecified atom stereocenters. The van der Waals surface area contributed by atoms with Crippen molar-refractivity contribution in [1.82, 2.24) is 9.13 Å². The molecule has 2 heterocycles. The molecule has 0 N–H and O–H groups in total. The van der Waals surface area contributed by atoms with E-state index in [-0.39, 0.29) is 0 Å². The lowest BCUT2D eigenvalue weighted by Gasteiger charge is -2.30. The third kappa shape index (κ3) is 4.20. The summed E-state index contributed by atoms with van der Waals surface area (Å²) in [5, 5.41) is 5.12. The van der Waals surface area contributed by atoms with Crippen molar-refractivity contribution in [2.45, 2.75) is 19.8 Å². The number of aromatic nitrogens is 2. The molecule has 46 heavy (non-hydrogen) atoms. The number of benzene rings is 6. The normalized spacial score (nSPS) is 13.4. The van der Waals surface area contributed by atoms with Gasteiger partial charge in [-0.25, -0.2) is 0 Å². The smallest absolute Gasteiger partial charge is 0.0541 e. The van der Waals surface area contributed by atoms with Crippen LogP contribution >= 0.6 is 0 Å². The predicted molar refractivity (Wildman–Crippen MR) is 195 cm³/mol. The molecule has 3 nitrogen and oxygen atoms in total. The van der Waals surface area contributed by atoms with Gasteiger partial charge < -0.3 is 14.0 Å². The Hall–Kier alpha value is -5.80. The van der Waals surface area contributed by atoms with Crippen LogP contribution in [0.1, 0.15) is 19.8 Å². The van der Waals surface area contributed by atoms with Crippen LogP contribution in [-0.4, -0.2) is 9.13 Å². The van der Waals surface area contributed by atoms with Gasteiger partial charge in [-0.2, -0.15) is 0 Å².